The largest absolute Gasteiger partial charge is 0.377 e. The molecule has 2 aromatic rings. The van der Waals surface area contributed by atoms with Gasteiger partial charge in [0.05, 0.1) is 6.10 Å². The molecule has 116 valence electrons. The molecule has 3 rings (SSSR count). The van der Waals surface area contributed by atoms with Crippen molar-refractivity contribution in [1.29, 1.82) is 0 Å². The van der Waals surface area contributed by atoms with Crippen LogP contribution in [0.25, 0.3) is 4.96 Å². The number of sulfonamides is 1. The van der Waals surface area contributed by atoms with Crippen LogP contribution in [0, 0.1) is 0 Å². The molecule has 0 aromatic carbocycles. The summed E-state index contributed by atoms with van der Waals surface area (Å²) in [6.45, 7) is 2.53. The van der Waals surface area contributed by atoms with Crippen LogP contribution < -0.4 is 10.0 Å². The molecule has 1 fully saturated rings. The van der Waals surface area contributed by atoms with E-state index in [2.05, 4.69) is 15.0 Å². The smallest absolute Gasteiger partial charge is 0.260 e. The second-order valence-electron chi connectivity index (χ2n) is 5.03. The van der Waals surface area contributed by atoms with Gasteiger partial charge in [-0.3, -0.25) is 4.40 Å². The van der Waals surface area contributed by atoms with Crippen molar-refractivity contribution in [3.8, 4) is 0 Å². The van der Waals surface area contributed by atoms with Crippen molar-refractivity contribution in [3.63, 3.8) is 0 Å². The van der Waals surface area contributed by atoms with Crippen molar-refractivity contribution in [2.45, 2.75) is 36.9 Å². The van der Waals surface area contributed by atoms with Gasteiger partial charge in [-0.05, 0) is 19.8 Å². The molecule has 3 heterocycles. The lowest BCUT2D eigenvalue weighted by Crippen LogP contribution is -2.41. The molecule has 0 aliphatic carbocycles. The minimum absolute atomic E-state index is 0.0660. The predicted octanol–water partition coefficient (Wildman–Crippen LogP) is 1.28. The molecule has 1 saturated heterocycles. The Morgan fingerprint density at radius 1 is 1.57 bits per heavy atom. The van der Waals surface area contributed by atoms with Crippen molar-refractivity contribution in [2.75, 3.05) is 19.0 Å². The Morgan fingerprint density at radius 3 is 3.05 bits per heavy atom. The second kappa shape index (κ2) is 5.56. The fourth-order valence-corrected chi connectivity index (χ4v) is 4.89. The van der Waals surface area contributed by atoms with E-state index in [1.54, 1.807) is 17.6 Å². The normalized spacial score (nSPS) is 21.0. The molecule has 0 saturated carbocycles. The molecule has 2 aromatic heterocycles. The zero-order valence-electron chi connectivity index (χ0n) is 11.9. The monoisotopic (exact) mass is 330 g/mol. The van der Waals surface area contributed by atoms with Gasteiger partial charge >= 0.3 is 0 Å². The topological polar surface area (TPSA) is 84.7 Å². The van der Waals surface area contributed by atoms with E-state index >= 15 is 0 Å². The van der Waals surface area contributed by atoms with E-state index in [-0.39, 0.29) is 17.2 Å². The molecular weight excluding hydrogens is 312 g/mol. The zero-order valence-corrected chi connectivity index (χ0v) is 13.5. The molecule has 9 heteroatoms. The van der Waals surface area contributed by atoms with Crippen LogP contribution in [0.3, 0.4) is 0 Å². The number of nitrogens with one attached hydrogen (secondary N) is 2. The van der Waals surface area contributed by atoms with E-state index in [1.807, 2.05) is 12.3 Å². The van der Waals surface area contributed by atoms with Gasteiger partial charge in [0.2, 0.25) is 0 Å². The molecule has 7 nitrogen and oxygen atoms in total. The summed E-state index contributed by atoms with van der Waals surface area (Å²) in [6, 6.07) is -0.272. The molecule has 0 radical (unpaired) electrons. The lowest BCUT2D eigenvalue weighted by Gasteiger charge is -2.19. The molecule has 21 heavy (non-hydrogen) atoms. The number of nitrogens with zero attached hydrogens (tertiary/aromatic N) is 2. The Balaban J connectivity index is 1.93. The van der Waals surface area contributed by atoms with E-state index in [1.165, 1.54) is 11.3 Å². The first kappa shape index (κ1) is 14.8. The summed E-state index contributed by atoms with van der Waals surface area (Å²) in [5, 5.41) is 4.80. The molecule has 2 atom stereocenters. The summed E-state index contributed by atoms with van der Waals surface area (Å²) in [5.41, 5.74) is 0. The highest BCUT2D eigenvalue weighted by Crippen LogP contribution is 2.26. The average molecular weight is 330 g/mol. The molecule has 0 amide bonds. The molecule has 0 bridgehead atoms. The highest BCUT2D eigenvalue weighted by atomic mass is 32.2. The standard InChI is InChI=1S/C12H18N4O3S2/c1-8(9-4-3-6-19-9)15-21(17,18)11-10(13-2)14-12-16(11)5-7-20-12/h5,7-9,13,15H,3-4,6H2,1-2H3. The number of aromatic nitrogens is 2. The van der Waals surface area contributed by atoms with Crippen LogP contribution in [0.2, 0.25) is 0 Å². The van der Waals surface area contributed by atoms with Gasteiger partial charge in [-0.25, -0.2) is 18.1 Å². The summed E-state index contributed by atoms with van der Waals surface area (Å²) in [6.07, 6.45) is 3.49. The number of hydrogen-bond acceptors (Lipinski definition) is 6. The quantitative estimate of drug-likeness (QED) is 0.863. The van der Waals surface area contributed by atoms with Gasteiger partial charge in [-0.2, -0.15) is 0 Å². The van der Waals surface area contributed by atoms with Crippen molar-refractivity contribution >= 4 is 32.1 Å². The van der Waals surface area contributed by atoms with E-state index in [0.29, 0.717) is 17.4 Å². The zero-order chi connectivity index (χ0) is 15.0. The van der Waals surface area contributed by atoms with Crippen LogP contribution in [0.4, 0.5) is 5.82 Å². The van der Waals surface area contributed by atoms with Gasteiger partial charge in [0, 0.05) is 31.3 Å². The minimum atomic E-state index is -3.68. The third-order valence-electron chi connectivity index (χ3n) is 3.57. The fourth-order valence-electron chi connectivity index (χ4n) is 2.56. The molecule has 1 aliphatic heterocycles. The van der Waals surface area contributed by atoms with Crippen molar-refractivity contribution < 1.29 is 13.2 Å². The lowest BCUT2D eigenvalue weighted by molar-refractivity contribution is 0.0902. The van der Waals surface area contributed by atoms with Gasteiger partial charge in [-0.15, -0.1) is 11.3 Å². The van der Waals surface area contributed by atoms with Crippen LogP contribution in [-0.4, -0.2) is 43.6 Å². The van der Waals surface area contributed by atoms with Gasteiger partial charge in [0.15, 0.2) is 15.8 Å². The maximum absolute atomic E-state index is 12.7. The highest BCUT2D eigenvalue weighted by Gasteiger charge is 2.31. The summed E-state index contributed by atoms with van der Waals surface area (Å²) in [4.78, 5) is 4.93. The fraction of sp³-hybridized carbons (Fsp3) is 0.583. The average Bonchev–Trinajstić information content (AvgIpc) is 3.13. The van der Waals surface area contributed by atoms with Crippen molar-refractivity contribution in [2.24, 2.45) is 0 Å². The number of anilines is 1. The Bertz CT molecular complexity index is 731. The van der Waals surface area contributed by atoms with Gasteiger partial charge in [-0.1, -0.05) is 0 Å². The molecule has 2 N–H and O–H groups in total. The number of thiazole rings is 1. The first-order valence-corrected chi connectivity index (χ1v) is 9.16. The Hall–Kier alpha value is -1.16. The third-order valence-corrected chi connectivity index (χ3v) is 5.91. The second-order valence-corrected chi connectivity index (χ2v) is 7.53. The highest BCUT2D eigenvalue weighted by molar-refractivity contribution is 7.89. The Labute approximate surface area is 127 Å². The molecule has 0 spiro atoms. The van der Waals surface area contributed by atoms with Crippen molar-refractivity contribution in [3.05, 3.63) is 11.6 Å². The summed E-state index contributed by atoms with van der Waals surface area (Å²) < 4.78 is 35.2. The van der Waals surface area contributed by atoms with Crippen molar-refractivity contribution in [1.82, 2.24) is 14.1 Å². The molecule has 2 unspecified atom stereocenters. The molecular formula is C12H18N4O3S2. The maximum Gasteiger partial charge on any atom is 0.260 e. The first-order chi connectivity index (χ1) is 10.0. The number of hydrogen-bond donors (Lipinski definition) is 2. The number of fused-ring (bicyclic) bond motifs is 1. The van der Waals surface area contributed by atoms with Crippen LogP contribution >= 0.6 is 11.3 Å². The van der Waals surface area contributed by atoms with E-state index in [9.17, 15) is 8.42 Å². The lowest BCUT2D eigenvalue weighted by atomic mass is 10.1. The summed E-state index contributed by atoms with van der Waals surface area (Å²) in [5.74, 6) is 0.355. The predicted molar refractivity (Wildman–Crippen MR) is 81.4 cm³/mol. The number of ether oxygens (including phenoxy) is 1. The van der Waals surface area contributed by atoms with Crippen LogP contribution in [0.15, 0.2) is 16.6 Å². The SMILES string of the molecule is CNc1nc2sccn2c1S(=O)(=O)NC(C)C1CCCO1. The van der Waals surface area contributed by atoms with E-state index in [4.69, 9.17) is 4.74 Å². The van der Waals surface area contributed by atoms with Gasteiger partial charge in [0.1, 0.15) is 0 Å². The van der Waals surface area contributed by atoms with E-state index in [0.717, 1.165) is 12.8 Å². The maximum atomic E-state index is 12.7. The number of imidazole rings is 1. The van der Waals surface area contributed by atoms with Crippen LogP contribution in [0.1, 0.15) is 19.8 Å². The Morgan fingerprint density at radius 2 is 2.38 bits per heavy atom. The third kappa shape index (κ3) is 2.66. The van der Waals surface area contributed by atoms with Crippen LogP contribution in [0.5, 0.6) is 0 Å². The number of rotatable bonds is 5. The Kier molecular flexibility index (Phi) is 3.91. The van der Waals surface area contributed by atoms with Gasteiger partial charge < -0.3 is 10.1 Å². The summed E-state index contributed by atoms with van der Waals surface area (Å²) >= 11 is 1.39. The van der Waals surface area contributed by atoms with Crippen LogP contribution in [-0.2, 0) is 14.8 Å². The molecule has 1 aliphatic rings. The van der Waals surface area contributed by atoms with Gasteiger partial charge in [0.25, 0.3) is 10.0 Å². The summed E-state index contributed by atoms with van der Waals surface area (Å²) in [7, 11) is -2.02. The van der Waals surface area contributed by atoms with E-state index < -0.39 is 10.0 Å². The first-order valence-electron chi connectivity index (χ1n) is 6.80. The minimum Gasteiger partial charge on any atom is -0.377 e.